The molecule has 1 N–H and O–H groups in total. The van der Waals surface area contributed by atoms with Crippen LogP contribution in [0.25, 0.3) is 0 Å². The predicted octanol–water partition coefficient (Wildman–Crippen LogP) is 3.25. The second kappa shape index (κ2) is 6.60. The number of nitrogens with zero attached hydrogens (tertiary/aromatic N) is 2. The average molecular weight is 303 g/mol. The van der Waals surface area contributed by atoms with Crippen LogP contribution in [0.1, 0.15) is 51.0 Å². The van der Waals surface area contributed by atoms with Gasteiger partial charge in [0.05, 0.1) is 0 Å². The van der Waals surface area contributed by atoms with Crippen molar-refractivity contribution in [2.75, 3.05) is 0 Å². The Labute approximate surface area is 129 Å². The quantitative estimate of drug-likeness (QED) is 0.938. The lowest BCUT2D eigenvalue weighted by molar-refractivity contribution is 0.0504. The molecule has 0 saturated carbocycles. The number of nitrogens with one attached hydrogen (secondary N) is 1. The second-order valence-corrected chi connectivity index (χ2v) is 5.89. The minimum atomic E-state index is -0.575. The van der Waals surface area contributed by atoms with Gasteiger partial charge in [0.1, 0.15) is 11.6 Å². The number of alkyl carbamates (subject to hydrolysis) is 1. The Kier molecular flexibility index (Phi) is 4.80. The van der Waals surface area contributed by atoms with E-state index in [1.165, 1.54) is 0 Å². The average Bonchev–Trinajstić information content (AvgIpc) is 2.92. The smallest absolute Gasteiger partial charge is 0.408 e. The first-order valence-electron chi connectivity index (χ1n) is 7.26. The molecule has 0 bridgehead atoms. The van der Waals surface area contributed by atoms with Crippen molar-refractivity contribution in [1.82, 2.24) is 15.5 Å². The van der Waals surface area contributed by atoms with E-state index in [1.54, 1.807) is 0 Å². The predicted molar refractivity (Wildman–Crippen MR) is 81.3 cm³/mol. The van der Waals surface area contributed by atoms with E-state index in [2.05, 4.69) is 15.5 Å². The molecule has 0 saturated heterocycles. The number of amides is 1. The van der Waals surface area contributed by atoms with Crippen LogP contribution < -0.4 is 5.32 Å². The van der Waals surface area contributed by atoms with Gasteiger partial charge in [-0.1, -0.05) is 42.4 Å². The van der Waals surface area contributed by atoms with Crippen molar-refractivity contribution in [1.29, 1.82) is 0 Å². The number of benzene rings is 1. The SMILES string of the molecule is CCc1noc(C(NC(=O)OC(C)(C)C)c2ccccc2)n1. The van der Waals surface area contributed by atoms with Crippen molar-refractivity contribution < 1.29 is 14.1 Å². The fraction of sp³-hybridized carbons (Fsp3) is 0.438. The number of hydrogen-bond acceptors (Lipinski definition) is 5. The molecule has 2 aromatic rings. The lowest BCUT2D eigenvalue weighted by Crippen LogP contribution is -2.35. The van der Waals surface area contributed by atoms with E-state index >= 15 is 0 Å². The highest BCUT2D eigenvalue weighted by atomic mass is 16.6. The number of carbonyl (C=O) groups is 1. The van der Waals surface area contributed by atoms with Gasteiger partial charge in [-0.2, -0.15) is 4.98 Å². The van der Waals surface area contributed by atoms with Gasteiger partial charge in [-0.25, -0.2) is 4.79 Å². The number of ether oxygens (including phenoxy) is 1. The molecule has 0 radical (unpaired) electrons. The van der Waals surface area contributed by atoms with E-state index in [-0.39, 0.29) is 0 Å². The van der Waals surface area contributed by atoms with Gasteiger partial charge in [-0.05, 0) is 26.3 Å². The molecule has 1 unspecified atom stereocenters. The first kappa shape index (κ1) is 16.0. The lowest BCUT2D eigenvalue weighted by atomic mass is 10.1. The number of aromatic nitrogens is 2. The van der Waals surface area contributed by atoms with Gasteiger partial charge < -0.3 is 14.6 Å². The summed E-state index contributed by atoms with van der Waals surface area (Å²) in [6, 6.07) is 8.91. The molecule has 118 valence electrons. The van der Waals surface area contributed by atoms with Gasteiger partial charge in [0.15, 0.2) is 5.82 Å². The minimum Gasteiger partial charge on any atom is -0.444 e. The molecule has 1 aromatic heterocycles. The second-order valence-electron chi connectivity index (χ2n) is 5.89. The topological polar surface area (TPSA) is 77.2 Å². The summed E-state index contributed by atoms with van der Waals surface area (Å²) in [5, 5.41) is 6.67. The fourth-order valence-electron chi connectivity index (χ4n) is 1.89. The Morgan fingerprint density at radius 3 is 2.55 bits per heavy atom. The Balaban J connectivity index is 2.24. The maximum Gasteiger partial charge on any atom is 0.408 e. The fourth-order valence-corrected chi connectivity index (χ4v) is 1.89. The molecule has 0 fully saturated rings. The van der Waals surface area contributed by atoms with Crippen molar-refractivity contribution in [2.24, 2.45) is 0 Å². The zero-order valence-electron chi connectivity index (χ0n) is 13.3. The van der Waals surface area contributed by atoms with Crippen LogP contribution in [0.5, 0.6) is 0 Å². The highest BCUT2D eigenvalue weighted by Crippen LogP contribution is 2.21. The third kappa shape index (κ3) is 4.31. The van der Waals surface area contributed by atoms with Crippen LogP contribution in [-0.2, 0) is 11.2 Å². The van der Waals surface area contributed by atoms with Gasteiger partial charge in [0.2, 0.25) is 0 Å². The zero-order valence-corrected chi connectivity index (χ0v) is 13.3. The van der Waals surface area contributed by atoms with E-state index in [0.717, 1.165) is 5.56 Å². The Morgan fingerprint density at radius 1 is 1.32 bits per heavy atom. The maximum absolute atomic E-state index is 12.1. The van der Waals surface area contributed by atoms with Crippen molar-refractivity contribution in [3.05, 3.63) is 47.6 Å². The summed E-state index contributed by atoms with van der Waals surface area (Å²) in [7, 11) is 0. The standard InChI is InChI=1S/C16H21N3O3/c1-5-12-17-14(22-19-12)13(11-9-7-6-8-10-11)18-15(20)21-16(2,3)4/h6-10,13H,5H2,1-4H3,(H,18,20). The summed E-state index contributed by atoms with van der Waals surface area (Å²) >= 11 is 0. The van der Waals surface area contributed by atoms with Crippen molar-refractivity contribution in [2.45, 2.75) is 45.8 Å². The molecule has 1 amide bonds. The molecule has 2 rings (SSSR count). The Hall–Kier alpha value is -2.37. The van der Waals surface area contributed by atoms with E-state index in [1.807, 2.05) is 58.0 Å². The highest BCUT2D eigenvalue weighted by molar-refractivity contribution is 5.68. The molecule has 0 aliphatic rings. The molecule has 0 aliphatic heterocycles. The summed E-state index contributed by atoms with van der Waals surface area (Å²) < 4.78 is 10.6. The van der Waals surface area contributed by atoms with Gasteiger partial charge >= 0.3 is 6.09 Å². The number of hydrogen-bond donors (Lipinski definition) is 1. The molecule has 1 atom stereocenters. The van der Waals surface area contributed by atoms with Crippen LogP contribution in [0.15, 0.2) is 34.9 Å². The summed E-state index contributed by atoms with van der Waals surface area (Å²) in [5.74, 6) is 0.941. The van der Waals surface area contributed by atoms with E-state index in [0.29, 0.717) is 18.1 Å². The largest absolute Gasteiger partial charge is 0.444 e. The Morgan fingerprint density at radius 2 is 2.00 bits per heavy atom. The van der Waals surface area contributed by atoms with Crippen molar-refractivity contribution in [3.63, 3.8) is 0 Å². The van der Waals surface area contributed by atoms with E-state index in [4.69, 9.17) is 9.26 Å². The van der Waals surface area contributed by atoms with Gasteiger partial charge in [-0.15, -0.1) is 0 Å². The molecule has 22 heavy (non-hydrogen) atoms. The van der Waals surface area contributed by atoms with Crippen LogP contribution in [-0.4, -0.2) is 21.8 Å². The van der Waals surface area contributed by atoms with Crippen LogP contribution >= 0.6 is 0 Å². The summed E-state index contributed by atoms with van der Waals surface area (Å²) in [4.78, 5) is 16.4. The van der Waals surface area contributed by atoms with Crippen molar-refractivity contribution in [3.8, 4) is 0 Å². The van der Waals surface area contributed by atoms with Gasteiger partial charge in [0.25, 0.3) is 5.89 Å². The molecule has 0 aliphatic carbocycles. The monoisotopic (exact) mass is 303 g/mol. The molecular formula is C16H21N3O3. The third-order valence-electron chi connectivity index (χ3n) is 2.84. The van der Waals surface area contributed by atoms with Crippen LogP contribution in [0, 0.1) is 0 Å². The first-order chi connectivity index (χ1) is 10.4. The highest BCUT2D eigenvalue weighted by Gasteiger charge is 2.25. The molecule has 0 spiro atoms. The first-order valence-corrected chi connectivity index (χ1v) is 7.26. The van der Waals surface area contributed by atoms with Crippen LogP contribution in [0.4, 0.5) is 4.79 Å². The number of aryl methyl sites for hydroxylation is 1. The molecule has 6 heteroatoms. The molecular weight excluding hydrogens is 282 g/mol. The zero-order chi connectivity index (χ0) is 16.2. The van der Waals surface area contributed by atoms with Crippen LogP contribution in [0.3, 0.4) is 0 Å². The lowest BCUT2D eigenvalue weighted by Gasteiger charge is -2.22. The third-order valence-corrected chi connectivity index (χ3v) is 2.84. The maximum atomic E-state index is 12.1. The summed E-state index contributed by atoms with van der Waals surface area (Å²) in [6.45, 7) is 7.37. The van der Waals surface area contributed by atoms with Crippen LogP contribution in [0.2, 0.25) is 0 Å². The van der Waals surface area contributed by atoms with Gasteiger partial charge in [0, 0.05) is 6.42 Å². The van der Waals surface area contributed by atoms with Gasteiger partial charge in [-0.3, -0.25) is 0 Å². The molecule has 1 heterocycles. The number of rotatable bonds is 4. The summed E-state index contributed by atoms with van der Waals surface area (Å²) in [5.41, 5.74) is 0.272. The summed E-state index contributed by atoms with van der Waals surface area (Å²) in [6.07, 6.45) is 0.134. The van der Waals surface area contributed by atoms with Crippen molar-refractivity contribution >= 4 is 6.09 Å². The molecule has 6 nitrogen and oxygen atoms in total. The van der Waals surface area contributed by atoms with E-state index in [9.17, 15) is 4.79 Å². The van der Waals surface area contributed by atoms with E-state index < -0.39 is 17.7 Å². The number of carbonyl (C=O) groups excluding carboxylic acids is 1. The normalized spacial score (nSPS) is 12.7. The molecule has 1 aromatic carbocycles. The Bertz CT molecular complexity index is 617. The minimum absolute atomic E-state index is 0.342.